The van der Waals surface area contributed by atoms with Crippen LogP contribution in [0.1, 0.15) is 53.5 Å². The van der Waals surface area contributed by atoms with Crippen LogP contribution in [0.5, 0.6) is 0 Å². The lowest BCUT2D eigenvalue weighted by Crippen LogP contribution is -2.49. The molecule has 2 aliphatic rings. The lowest BCUT2D eigenvalue weighted by atomic mass is 9.93. The van der Waals surface area contributed by atoms with Crippen molar-refractivity contribution in [1.82, 2.24) is 34.9 Å². The van der Waals surface area contributed by atoms with E-state index in [1.165, 1.54) is 21.7 Å². The summed E-state index contributed by atoms with van der Waals surface area (Å²) in [5, 5.41) is 11.1. The van der Waals surface area contributed by atoms with Crippen LogP contribution in [0.4, 0.5) is 9.59 Å². The molecule has 2 aromatic heterocycles. The molecule has 1 N–H and O–H groups in total. The van der Waals surface area contributed by atoms with Crippen LogP contribution in [-0.4, -0.2) is 98.4 Å². The summed E-state index contributed by atoms with van der Waals surface area (Å²) in [5.41, 5.74) is 13.8. The van der Waals surface area contributed by atoms with E-state index in [1.807, 2.05) is 98.8 Å². The number of ether oxygens (including phenoxy) is 2. The van der Waals surface area contributed by atoms with Crippen molar-refractivity contribution in [2.24, 2.45) is 5.92 Å². The number of likely N-dealkylation sites (N-methyl/N-ethyl adjacent to an activating group) is 2. The number of H-pyrrole nitrogens is 1. The molecule has 2 unspecified atom stereocenters. The van der Waals surface area contributed by atoms with Crippen LogP contribution in [0, 0.1) is 5.92 Å². The summed E-state index contributed by atoms with van der Waals surface area (Å²) >= 11 is 0. The lowest BCUT2D eigenvalue weighted by Gasteiger charge is -2.29. The number of aromatic nitrogens is 5. The van der Waals surface area contributed by atoms with Gasteiger partial charge in [0.2, 0.25) is 0 Å². The standard InChI is InChI=1S/C58H51N7O8/c1-35(2)54(56(67)73-64-52-25-15-13-23-50(52)60-64)63(4)58(69)71-34-48-42-21-11-9-19-40(42)46-32-38(27-29-44(46)48)37-26-28-43-45(31-37)39-18-8-10-20-41(39)47(43)33-70-57(68)62(3)53(30-36-16-6-5-7-17-36)55(66)72-65-51-24-14-12-22-49(51)59-61-65/h5-29,31-32,35,47-48,53-54,60H,30,33-34H2,1-4H3/t47?,48?,53-,54-/m0/s1. The Morgan fingerprint density at radius 1 is 0.575 bits per heavy atom. The molecule has 2 heterocycles. The van der Waals surface area contributed by atoms with Gasteiger partial charge < -0.3 is 19.1 Å². The number of aromatic amines is 1. The van der Waals surface area contributed by atoms with Gasteiger partial charge in [0.25, 0.3) is 0 Å². The molecule has 15 nitrogen and oxygen atoms in total. The van der Waals surface area contributed by atoms with Gasteiger partial charge in [-0.25, -0.2) is 19.2 Å². The van der Waals surface area contributed by atoms with E-state index >= 15 is 0 Å². The molecule has 366 valence electrons. The minimum Gasteiger partial charge on any atom is -0.448 e. The SMILES string of the molecule is CC(C)[C@@H](C(=O)On1[nH]c2ccccc21)N(C)C(=O)OCC1c2ccccc2-c2cc(-c3ccc4c(c3)-c3ccccc3C4COC(=O)N(C)[C@@H](Cc3ccccc3)C(=O)On3nnc4ccccc43)ccc21. The molecule has 0 saturated heterocycles. The van der Waals surface area contributed by atoms with E-state index in [2.05, 4.69) is 76.1 Å². The van der Waals surface area contributed by atoms with Gasteiger partial charge in [-0.2, -0.15) is 0 Å². The number of nitrogens with zero attached hydrogens (tertiary/aromatic N) is 6. The van der Waals surface area contributed by atoms with E-state index in [0.29, 0.717) is 11.0 Å². The van der Waals surface area contributed by atoms with Crippen molar-refractivity contribution < 1.29 is 38.3 Å². The number of rotatable bonds is 14. The summed E-state index contributed by atoms with van der Waals surface area (Å²) in [6.07, 6.45) is -1.12. The van der Waals surface area contributed by atoms with Gasteiger partial charge in [-0.3, -0.25) is 14.9 Å². The molecule has 4 atom stereocenters. The van der Waals surface area contributed by atoms with Gasteiger partial charge in [0.05, 0.1) is 5.52 Å². The molecule has 0 saturated carbocycles. The minimum absolute atomic E-state index is 0.0397. The average Bonchev–Trinajstić information content (AvgIpc) is 4.07. The Morgan fingerprint density at radius 2 is 1.11 bits per heavy atom. The van der Waals surface area contributed by atoms with E-state index in [0.717, 1.165) is 77.1 Å². The molecule has 2 aliphatic carbocycles. The number of amides is 2. The number of fused-ring (bicyclic) bond motifs is 8. The Labute approximate surface area is 420 Å². The third kappa shape index (κ3) is 8.72. The number of hydrogen-bond acceptors (Lipinski definition) is 10. The highest BCUT2D eigenvalue weighted by molar-refractivity contribution is 5.88. The fraction of sp³-hybridized carbons (Fsp3) is 0.207. The predicted molar refractivity (Wildman–Crippen MR) is 274 cm³/mol. The summed E-state index contributed by atoms with van der Waals surface area (Å²) in [7, 11) is 3.10. The van der Waals surface area contributed by atoms with E-state index in [1.54, 1.807) is 25.2 Å². The maximum Gasteiger partial charge on any atom is 0.410 e. The van der Waals surface area contributed by atoms with Crippen LogP contribution in [0.25, 0.3) is 55.4 Å². The molecule has 15 heteroatoms. The van der Waals surface area contributed by atoms with E-state index in [9.17, 15) is 19.2 Å². The van der Waals surface area contributed by atoms with Crippen LogP contribution in [-0.2, 0) is 25.5 Å². The number of hydrogen-bond donors (Lipinski definition) is 1. The summed E-state index contributed by atoms with van der Waals surface area (Å²) in [6.45, 7) is 3.83. The molecule has 0 spiro atoms. The molecular weight excluding hydrogens is 923 g/mol. The predicted octanol–water partition coefficient (Wildman–Crippen LogP) is 9.69. The van der Waals surface area contributed by atoms with E-state index in [4.69, 9.17) is 19.1 Å². The van der Waals surface area contributed by atoms with Crippen LogP contribution in [0.15, 0.2) is 164 Å². The molecule has 7 aromatic carbocycles. The zero-order valence-electron chi connectivity index (χ0n) is 40.5. The normalized spacial score (nSPS) is 15.0. The van der Waals surface area contributed by atoms with Crippen LogP contribution in [0.3, 0.4) is 0 Å². The van der Waals surface area contributed by atoms with Crippen molar-refractivity contribution >= 4 is 46.2 Å². The Hall–Kier alpha value is -8.98. The maximum absolute atomic E-state index is 14.0. The van der Waals surface area contributed by atoms with Crippen LogP contribution >= 0.6 is 0 Å². The zero-order chi connectivity index (χ0) is 50.3. The highest BCUT2D eigenvalue weighted by Gasteiger charge is 2.37. The highest BCUT2D eigenvalue weighted by atomic mass is 16.7. The van der Waals surface area contributed by atoms with Crippen LogP contribution < -0.4 is 9.68 Å². The van der Waals surface area contributed by atoms with Crippen LogP contribution in [0.2, 0.25) is 0 Å². The topological polar surface area (TPSA) is 163 Å². The molecule has 0 aliphatic heterocycles. The molecular formula is C58H51N7O8. The molecule has 73 heavy (non-hydrogen) atoms. The largest absolute Gasteiger partial charge is 0.448 e. The van der Waals surface area contributed by atoms with Gasteiger partial charge in [-0.1, -0.05) is 146 Å². The second kappa shape index (κ2) is 19.3. The first-order valence-corrected chi connectivity index (χ1v) is 24.2. The minimum atomic E-state index is -1.04. The van der Waals surface area contributed by atoms with Gasteiger partial charge in [-0.15, -0.1) is 9.94 Å². The fourth-order valence-electron chi connectivity index (χ4n) is 10.3. The first-order valence-electron chi connectivity index (χ1n) is 24.2. The number of carbonyl (C=O) groups is 4. The third-order valence-electron chi connectivity index (χ3n) is 14.1. The number of benzene rings is 7. The monoisotopic (exact) mass is 973 g/mol. The van der Waals surface area contributed by atoms with Gasteiger partial charge in [-0.05, 0) is 109 Å². The zero-order valence-corrected chi connectivity index (χ0v) is 40.5. The Bertz CT molecular complexity index is 3560. The van der Waals surface area contributed by atoms with Crippen molar-refractivity contribution in [3.8, 4) is 33.4 Å². The maximum atomic E-state index is 14.0. The van der Waals surface area contributed by atoms with Gasteiger partial charge in [0.1, 0.15) is 41.8 Å². The van der Waals surface area contributed by atoms with Crippen molar-refractivity contribution in [2.45, 2.75) is 44.2 Å². The Morgan fingerprint density at radius 3 is 1.73 bits per heavy atom. The fourth-order valence-corrected chi connectivity index (χ4v) is 10.3. The van der Waals surface area contributed by atoms with Crippen molar-refractivity contribution in [3.05, 3.63) is 192 Å². The summed E-state index contributed by atoms with van der Waals surface area (Å²) in [5.74, 6) is -2.02. The Kier molecular flexibility index (Phi) is 12.3. The quantitative estimate of drug-likeness (QED) is 0.104. The average molecular weight is 974 g/mol. The second-order valence-electron chi connectivity index (χ2n) is 18.8. The second-order valence-corrected chi connectivity index (χ2v) is 18.8. The highest BCUT2D eigenvalue weighted by Crippen LogP contribution is 2.49. The molecule has 2 amide bonds. The van der Waals surface area contributed by atoms with Crippen molar-refractivity contribution in [3.63, 3.8) is 0 Å². The van der Waals surface area contributed by atoms with Gasteiger partial charge >= 0.3 is 24.1 Å². The molecule has 11 rings (SSSR count). The van der Waals surface area contributed by atoms with Gasteiger partial charge in [0.15, 0.2) is 0 Å². The lowest BCUT2D eigenvalue weighted by molar-refractivity contribution is -0.153. The molecule has 0 fully saturated rings. The first-order chi connectivity index (χ1) is 35.5. The first kappa shape index (κ1) is 46.4. The summed E-state index contributed by atoms with van der Waals surface area (Å²) in [6, 6.07) is 51.1. The number of para-hydroxylation sites is 3. The molecule has 0 bridgehead atoms. The third-order valence-corrected chi connectivity index (χ3v) is 14.1. The van der Waals surface area contributed by atoms with Crippen molar-refractivity contribution in [2.75, 3.05) is 27.3 Å². The molecule has 0 radical (unpaired) electrons. The van der Waals surface area contributed by atoms with Gasteiger partial charge in [0, 0.05) is 32.4 Å². The Balaban J connectivity index is 0.794. The summed E-state index contributed by atoms with van der Waals surface area (Å²) in [4.78, 5) is 71.4. The van der Waals surface area contributed by atoms with E-state index < -0.39 is 36.2 Å². The molecule has 9 aromatic rings. The number of nitrogens with one attached hydrogen (secondary N) is 1. The smallest absolute Gasteiger partial charge is 0.410 e. The van der Waals surface area contributed by atoms with E-state index in [-0.39, 0.29) is 37.4 Å². The summed E-state index contributed by atoms with van der Waals surface area (Å²) < 4.78 is 12.1. The van der Waals surface area contributed by atoms with Crippen molar-refractivity contribution in [1.29, 1.82) is 0 Å². The number of carbonyl (C=O) groups excluding carboxylic acids is 4.